The molecule has 0 spiro atoms. The van der Waals surface area contributed by atoms with E-state index in [1.165, 1.54) is 14.1 Å². The van der Waals surface area contributed by atoms with E-state index in [9.17, 15) is 24.4 Å². The Balaban J connectivity index is 2.25. The molecule has 0 aromatic carbocycles. The molecule has 0 N–H and O–H groups in total. The molecule has 3 aliphatic rings. The number of likely N-dealkylation sites (N-methyl/N-ethyl adjacent to an activating group) is 2. The largest absolute Gasteiger partial charge is 0.327 e. The Morgan fingerprint density at radius 2 is 1.61 bits per heavy atom. The van der Waals surface area contributed by atoms with E-state index in [0.717, 1.165) is 23.9 Å². The van der Waals surface area contributed by atoms with Gasteiger partial charge >= 0.3 is 12.1 Å². The van der Waals surface area contributed by atoms with Crippen molar-refractivity contribution in [3.8, 4) is 6.07 Å². The third kappa shape index (κ3) is 1.24. The first-order valence-corrected chi connectivity index (χ1v) is 6.78. The number of alkyl halides is 1. The topological polar surface area (TPSA) is 105 Å². The quantitative estimate of drug-likeness (QED) is 0.569. The molecule has 0 aromatic heterocycles. The van der Waals surface area contributed by atoms with Crippen LogP contribution < -0.4 is 0 Å². The molecule has 1 aliphatic carbocycles. The number of urea groups is 2. The van der Waals surface area contributed by atoms with Crippen LogP contribution in [-0.2, 0) is 9.59 Å². The van der Waals surface area contributed by atoms with Crippen LogP contribution in [0.25, 0.3) is 0 Å². The summed E-state index contributed by atoms with van der Waals surface area (Å²) in [5.74, 6) is -3.80. The standard InChI is InChI=1S/C13H14FN5O4/c1-16-7(20)6-12(5-15,19(4)11(16)23)8-13(6,14)9(21)18(3)10(22)17(8)2/h6,8H,1-4H3/t6-,8+,12+,13+/m0/s1. The zero-order valence-corrected chi connectivity index (χ0v) is 12.9. The first kappa shape index (κ1) is 15.2. The average molecular weight is 323 g/mol. The Morgan fingerprint density at radius 3 is 2.13 bits per heavy atom. The number of imide groups is 2. The maximum absolute atomic E-state index is 15.6. The highest BCUT2D eigenvalue weighted by Crippen LogP contribution is 2.59. The van der Waals surface area contributed by atoms with Gasteiger partial charge in [0.1, 0.15) is 12.0 Å². The van der Waals surface area contributed by atoms with Gasteiger partial charge in [-0.15, -0.1) is 0 Å². The van der Waals surface area contributed by atoms with Crippen molar-refractivity contribution in [2.75, 3.05) is 28.2 Å². The van der Waals surface area contributed by atoms with Crippen molar-refractivity contribution in [3.63, 3.8) is 0 Å². The number of nitriles is 1. The van der Waals surface area contributed by atoms with Crippen LogP contribution in [0.2, 0.25) is 0 Å². The Morgan fingerprint density at radius 1 is 1.04 bits per heavy atom. The molecule has 4 atom stereocenters. The minimum Gasteiger partial charge on any atom is -0.317 e. The maximum Gasteiger partial charge on any atom is 0.327 e. The molecule has 2 saturated heterocycles. The highest BCUT2D eigenvalue weighted by molar-refractivity contribution is 6.11. The summed E-state index contributed by atoms with van der Waals surface area (Å²) in [6.07, 6.45) is 0. The van der Waals surface area contributed by atoms with E-state index in [2.05, 4.69) is 0 Å². The summed E-state index contributed by atoms with van der Waals surface area (Å²) in [5, 5.41) is 9.63. The number of carbonyl (C=O) groups is 4. The molecule has 9 nitrogen and oxygen atoms in total. The number of hydrogen-bond acceptors (Lipinski definition) is 5. The van der Waals surface area contributed by atoms with Crippen LogP contribution in [0.15, 0.2) is 0 Å². The van der Waals surface area contributed by atoms with Gasteiger partial charge in [-0.25, -0.2) is 14.0 Å². The van der Waals surface area contributed by atoms with Gasteiger partial charge in [0, 0.05) is 28.2 Å². The molecule has 2 aliphatic heterocycles. The van der Waals surface area contributed by atoms with E-state index in [0.29, 0.717) is 9.80 Å². The van der Waals surface area contributed by atoms with E-state index in [1.807, 2.05) is 6.07 Å². The number of rotatable bonds is 0. The zero-order valence-electron chi connectivity index (χ0n) is 12.9. The monoisotopic (exact) mass is 323 g/mol. The Hall–Kier alpha value is -2.70. The molecule has 2 heterocycles. The first-order valence-electron chi connectivity index (χ1n) is 6.78. The fourth-order valence-corrected chi connectivity index (χ4v) is 3.99. The van der Waals surface area contributed by atoms with Crippen molar-refractivity contribution in [3.05, 3.63) is 0 Å². The molecule has 10 heteroatoms. The van der Waals surface area contributed by atoms with Gasteiger partial charge < -0.3 is 9.80 Å². The van der Waals surface area contributed by atoms with Gasteiger partial charge in [-0.05, 0) is 0 Å². The third-order valence-electron chi connectivity index (χ3n) is 5.17. The smallest absolute Gasteiger partial charge is 0.317 e. The molecule has 0 bridgehead atoms. The predicted octanol–water partition coefficient (Wildman–Crippen LogP) is -0.997. The third-order valence-corrected chi connectivity index (χ3v) is 5.17. The van der Waals surface area contributed by atoms with Gasteiger partial charge in [0.25, 0.3) is 5.91 Å². The number of fused-ring (bicyclic) bond motifs is 4. The van der Waals surface area contributed by atoms with Gasteiger partial charge in [0.15, 0.2) is 5.54 Å². The van der Waals surface area contributed by atoms with Crippen molar-refractivity contribution in [2.24, 2.45) is 5.92 Å². The number of nitrogens with zero attached hydrogens (tertiary/aromatic N) is 5. The number of amides is 6. The summed E-state index contributed by atoms with van der Waals surface area (Å²) in [4.78, 5) is 52.1. The minimum atomic E-state index is -2.74. The molecule has 23 heavy (non-hydrogen) atoms. The van der Waals surface area contributed by atoms with Gasteiger partial charge in [-0.2, -0.15) is 5.26 Å². The summed E-state index contributed by atoms with van der Waals surface area (Å²) >= 11 is 0. The summed E-state index contributed by atoms with van der Waals surface area (Å²) < 4.78 is 15.6. The zero-order chi connectivity index (χ0) is 17.5. The van der Waals surface area contributed by atoms with Gasteiger partial charge in [-0.1, -0.05) is 0 Å². The molecule has 1 saturated carbocycles. The average Bonchev–Trinajstić information content (AvgIpc) is 2.52. The van der Waals surface area contributed by atoms with Crippen LogP contribution >= 0.6 is 0 Å². The summed E-state index contributed by atoms with van der Waals surface area (Å²) in [6, 6.07) is -1.31. The van der Waals surface area contributed by atoms with Crippen LogP contribution in [0, 0.1) is 17.2 Å². The van der Waals surface area contributed by atoms with E-state index in [-0.39, 0.29) is 0 Å². The van der Waals surface area contributed by atoms with Crippen LogP contribution in [0.1, 0.15) is 0 Å². The second kappa shape index (κ2) is 3.98. The molecular formula is C13H14FN5O4. The van der Waals surface area contributed by atoms with Crippen molar-refractivity contribution in [2.45, 2.75) is 17.2 Å². The number of halogens is 1. The van der Waals surface area contributed by atoms with E-state index in [1.54, 1.807) is 0 Å². The maximum atomic E-state index is 15.6. The molecule has 0 aromatic rings. The summed E-state index contributed by atoms with van der Waals surface area (Å²) in [6.45, 7) is 0. The molecule has 3 rings (SSSR count). The van der Waals surface area contributed by atoms with E-state index >= 15 is 4.39 Å². The lowest BCUT2D eigenvalue weighted by Gasteiger charge is -2.67. The summed E-state index contributed by atoms with van der Waals surface area (Å²) in [5.41, 5.74) is -4.65. The lowest BCUT2D eigenvalue weighted by atomic mass is 9.50. The van der Waals surface area contributed by atoms with E-state index in [4.69, 9.17) is 0 Å². The van der Waals surface area contributed by atoms with Crippen molar-refractivity contribution >= 4 is 23.9 Å². The van der Waals surface area contributed by atoms with Gasteiger partial charge in [0.05, 0.1) is 6.07 Å². The summed E-state index contributed by atoms with van der Waals surface area (Å²) in [7, 11) is 4.75. The lowest BCUT2D eigenvalue weighted by molar-refractivity contribution is -0.219. The normalized spacial score (nSPS) is 39.8. The molecular weight excluding hydrogens is 309 g/mol. The fraction of sp³-hybridized carbons (Fsp3) is 0.615. The first-order chi connectivity index (χ1) is 10.6. The van der Waals surface area contributed by atoms with Crippen molar-refractivity contribution < 1.29 is 23.6 Å². The van der Waals surface area contributed by atoms with Crippen LogP contribution in [0.3, 0.4) is 0 Å². The highest BCUT2D eigenvalue weighted by atomic mass is 19.1. The van der Waals surface area contributed by atoms with Crippen molar-refractivity contribution in [1.29, 1.82) is 5.26 Å². The SMILES string of the molecule is CN1C(=O)[C@@H]2[C@]3(F)C(=O)N(C)C(=O)N(C)[C@@H]3[C@]2(C#N)N(C)C1=O. The van der Waals surface area contributed by atoms with E-state index < -0.39 is 47.0 Å². The van der Waals surface area contributed by atoms with Crippen molar-refractivity contribution in [1.82, 2.24) is 19.6 Å². The molecule has 0 radical (unpaired) electrons. The highest BCUT2D eigenvalue weighted by Gasteiger charge is 2.86. The number of hydrogen-bond donors (Lipinski definition) is 0. The van der Waals surface area contributed by atoms with Gasteiger partial charge in [0.2, 0.25) is 11.6 Å². The fourth-order valence-electron chi connectivity index (χ4n) is 3.99. The second-order valence-corrected chi connectivity index (χ2v) is 6.04. The molecule has 3 fully saturated rings. The molecule has 0 unspecified atom stereocenters. The second-order valence-electron chi connectivity index (χ2n) is 6.04. The Kier molecular flexibility index (Phi) is 2.63. The minimum absolute atomic E-state index is 0.585. The molecule has 6 amide bonds. The Bertz CT molecular complexity index is 720. The van der Waals surface area contributed by atoms with Crippen LogP contribution in [-0.4, -0.2) is 88.9 Å². The molecule has 122 valence electrons. The Labute approximate surface area is 130 Å². The predicted molar refractivity (Wildman–Crippen MR) is 71.3 cm³/mol. The van der Waals surface area contributed by atoms with Crippen LogP contribution in [0.5, 0.6) is 0 Å². The van der Waals surface area contributed by atoms with Crippen LogP contribution in [0.4, 0.5) is 14.0 Å². The number of carbonyl (C=O) groups excluding carboxylic acids is 4. The lowest BCUT2D eigenvalue weighted by Crippen LogP contribution is -2.94. The van der Waals surface area contributed by atoms with Gasteiger partial charge in [-0.3, -0.25) is 19.4 Å².